The maximum Gasteiger partial charge on any atom is 0.261 e. The molecule has 1 amide bonds. The van der Waals surface area contributed by atoms with Crippen LogP contribution in [0, 0.1) is 0 Å². The Balaban J connectivity index is 1.29. The van der Waals surface area contributed by atoms with E-state index >= 15 is 0 Å². The maximum absolute atomic E-state index is 12.5. The highest BCUT2D eigenvalue weighted by Crippen LogP contribution is 2.15. The molecule has 156 valence electrons. The molecule has 0 aliphatic carbocycles. The molecule has 0 aliphatic rings. The molecule has 6 nitrogen and oxygen atoms in total. The van der Waals surface area contributed by atoms with Gasteiger partial charge in [-0.1, -0.05) is 54.6 Å². The van der Waals surface area contributed by atoms with Gasteiger partial charge in [-0.05, 0) is 35.4 Å². The van der Waals surface area contributed by atoms with Gasteiger partial charge in [0.05, 0.1) is 17.2 Å². The van der Waals surface area contributed by atoms with Gasteiger partial charge in [-0.3, -0.25) is 14.2 Å². The number of fused-ring (bicyclic) bond motifs is 1. The van der Waals surface area contributed by atoms with E-state index in [9.17, 15) is 9.59 Å². The zero-order chi connectivity index (χ0) is 21.5. The molecule has 0 unspecified atom stereocenters. The summed E-state index contributed by atoms with van der Waals surface area (Å²) >= 11 is 0. The predicted molar refractivity (Wildman–Crippen MR) is 120 cm³/mol. The van der Waals surface area contributed by atoms with E-state index in [0.29, 0.717) is 24.1 Å². The van der Waals surface area contributed by atoms with Gasteiger partial charge < -0.3 is 10.1 Å². The van der Waals surface area contributed by atoms with E-state index in [4.69, 9.17) is 4.74 Å². The van der Waals surface area contributed by atoms with Crippen LogP contribution < -0.4 is 15.6 Å². The Labute approximate surface area is 180 Å². The lowest BCUT2D eigenvalue weighted by molar-refractivity contribution is -0.121. The number of benzene rings is 3. The highest BCUT2D eigenvalue weighted by atomic mass is 16.5. The Hall–Kier alpha value is -3.93. The number of amides is 1. The minimum Gasteiger partial charge on any atom is -0.489 e. The Kier molecular flexibility index (Phi) is 6.38. The SMILES string of the molecule is O=C(CCn1cnc2ccccc2c1=O)NCc1cccc(OCc2ccccc2)c1. The van der Waals surface area contributed by atoms with Crippen LogP contribution in [0.3, 0.4) is 0 Å². The molecule has 0 spiro atoms. The topological polar surface area (TPSA) is 73.2 Å². The molecule has 0 atom stereocenters. The number of aryl methyl sites for hydroxylation is 1. The van der Waals surface area contributed by atoms with Crippen LogP contribution in [0.5, 0.6) is 5.75 Å². The number of rotatable bonds is 8. The van der Waals surface area contributed by atoms with Gasteiger partial charge in [0.15, 0.2) is 0 Å². The lowest BCUT2D eigenvalue weighted by atomic mass is 10.2. The van der Waals surface area contributed by atoms with Crippen molar-refractivity contribution in [1.82, 2.24) is 14.9 Å². The maximum atomic E-state index is 12.5. The lowest BCUT2D eigenvalue weighted by Crippen LogP contribution is -2.27. The Morgan fingerprint density at radius 2 is 1.71 bits per heavy atom. The van der Waals surface area contributed by atoms with Gasteiger partial charge in [0.1, 0.15) is 12.4 Å². The molecule has 0 bridgehead atoms. The molecule has 4 aromatic rings. The third-order valence-electron chi connectivity index (χ3n) is 4.95. The summed E-state index contributed by atoms with van der Waals surface area (Å²) in [5, 5.41) is 3.45. The minimum absolute atomic E-state index is 0.129. The summed E-state index contributed by atoms with van der Waals surface area (Å²) in [7, 11) is 0. The number of carbonyl (C=O) groups is 1. The first-order valence-electron chi connectivity index (χ1n) is 10.2. The van der Waals surface area contributed by atoms with Crippen molar-refractivity contribution in [3.05, 3.63) is 107 Å². The van der Waals surface area contributed by atoms with Crippen LogP contribution in [0.1, 0.15) is 17.5 Å². The van der Waals surface area contributed by atoms with Crippen LogP contribution in [0.15, 0.2) is 90.0 Å². The number of carbonyl (C=O) groups excluding carboxylic acids is 1. The molecule has 3 aromatic carbocycles. The largest absolute Gasteiger partial charge is 0.489 e. The Morgan fingerprint density at radius 1 is 0.935 bits per heavy atom. The molecule has 0 saturated heterocycles. The number of ether oxygens (including phenoxy) is 1. The van der Waals surface area contributed by atoms with E-state index in [1.165, 1.54) is 10.9 Å². The van der Waals surface area contributed by atoms with Crippen LogP contribution in [0.25, 0.3) is 10.9 Å². The standard InChI is InChI=1S/C25H23N3O3/c29-24(13-14-28-18-27-23-12-5-4-11-22(23)25(28)30)26-16-20-9-6-10-21(15-20)31-17-19-7-2-1-3-8-19/h1-12,15,18H,13-14,16-17H2,(H,26,29). The number of para-hydroxylation sites is 1. The fourth-order valence-electron chi connectivity index (χ4n) is 3.26. The molecule has 4 rings (SSSR count). The second-order valence-electron chi connectivity index (χ2n) is 7.21. The molecule has 0 fully saturated rings. The first kappa shape index (κ1) is 20.3. The number of aromatic nitrogens is 2. The highest BCUT2D eigenvalue weighted by molar-refractivity contribution is 5.77. The summed E-state index contributed by atoms with van der Waals surface area (Å²) in [5.41, 5.74) is 2.56. The van der Waals surface area contributed by atoms with E-state index < -0.39 is 0 Å². The minimum atomic E-state index is -0.137. The van der Waals surface area contributed by atoms with Crippen molar-refractivity contribution in [1.29, 1.82) is 0 Å². The fraction of sp³-hybridized carbons (Fsp3) is 0.160. The van der Waals surface area contributed by atoms with Crippen LogP contribution in [-0.4, -0.2) is 15.5 Å². The first-order chi connectivity index (χ1) is 15.2. The van der Waals surface area contributed by atoms with Gasteiger partial charge >= 0.3 is 0 Å². The molecule has 1 heterocycles. The van der Waals surface area contributed by atoms with Gasteiger partial charge in [0.2, 0.25) is 5.91 Å². The van der Waals surface area contributed by atoms with Crippen LogP contribution >= 0.6 is 0 Å². The second kappa shape index (κ2) is 9.71. The fourth-order valence-corrected chi connectivity index (χ4v) is 3.26. The number of hydrogen-bond donors (Lipinski definition) is 1. The third kappa shape index (κ3) is 5.36. The summed E-state index contributed by atoms with van der Waals surface area (Å²) in [6.45, 7) is 1.17. The summed E-state index contributed by atoms with van der Waals surface area (Å²) in [4.78, 5) is 29.1. The van der Waals surface area contributed by atoms with Crippen molar-refractivity contribution in [3.8, 4) is 5.75 Å². The molecular weight excluding hydrogens is 390 g/mol. The predicted octanol–water partition coefficient (Wildman–Crippen LogP) is 3.68. The Bertz CT molecular complexity index is 1240. The van der Waals surface area contributed by atoms with Crippen LogP contribution in [0.2, 0.25) is 0 Å². The van der Waals surface area contributed by atoms with Crippen molar-refractivity contribution in [3.63, 3.8) is 0 Å². The zero-order valence-electron chi connectivity index (χ0n) is 17.0. The lowest BCUT2D eigenvalue weighted by Gasteiger charge is -2.10. The van der Waals surface area contributed by atoms with Gasteiger partial charge in [-0.15, -0.1) is 0 Å². The van der Waals surface area contributed by atoms with Gasteiger partial charge in [0.25, 0.3) is 5.56 Å². The van der Waals surface area contributed by atoms with Crippen LogP contribution in [-0.2, 0) is 24.5 Å². The second-order valence-corrected chi connectivity index (χ2v) is 7.21. The monoisotopic (exact) mass is 413 g/mol. The average Bonchev–Trinajstić information content (AvgIpc) is 2.82. The van der Waals surface area contributed by atoms with Crippen molar-refractivity contribution in [2.75, 3.05) is 0 Å². The van der Waals surface area contributed by atoms with E-state index in [1.54, 1.807) is 18.2 Å². The number of hydrogen-bond acceptors (Lipinski definition) is 4. The van der Waals surface area contributed by atoms with Crippen molar-refractivity contribution < 1.29 is 9.53 Å². The first-order valence-corrected chi connectivity index (χ1v) is 10.2. The third-order valence-corrected chi connectivity index (χ3v) is 4.95. The number of nitrogens with zero attached hydrogens (tertiary/aromatic N) is 2. The molecule has 0 radical (unpaired) electrons. The zero-order valence-corrected chi connectivity index (χ0v) is 17.0. The van der Waals surface area contributed by atoms with Gasteiger partial charge in [-0.25, -0.2) is 4.98 Å². The molecule has 31 heavy (non-hydrogen) atoms. The van der Waals surface area contributed by atoms with Crippen molar-refractivity contribution >= 4 is 16.8 Å². The molecule has 0 aliphatic heterocycles. The molecule has 1 N–H and O–H groups in total. The summed E-state index contributed by atoms with van der Waals surface area (Å²) in [5.74, 6) is 0.625. The smallest absolute Gasteiger partial charge is 0.261 e. The molecule has 0 saturated carbocycles. The van der Waals surface area contributed by atoms with E-state index in [1.807, 2.05) is 60.7 Å². The van der Waals surface area contributed by atoms with E-state index in [2.05, 4.69) is 10.3 Å². The summed E-state index contributed by atoms with van der Waals surface area (Å²) in [6, 6.07) is 24.8. The van der Waals surface area contributed by atoms with Crippen molar-refractivity contribution in [2.45, 2.75) is 26.1 Å². The average molecular weight is 413 g/mol. The molecule has 6 heteroatoms. The van der Waals surface area contributed by atoms with E-state index in [0.717, 1.165) is 16.9 Å². The van der Waals surface area contributed by atoms with Crippen molar-refractivity contribution in [2.24, 2.45) is 0 Å². The normalized spacial score (nSPS) is 10.7. The Morgan fingerprint density at radius 3 is 2.58 bits per heavy atom. The molecule has 1 aromatic heterocycles. The van der Waals surface area contributed by atoms with Crippen LogP contribution in [0.4, 0.5) is 0 Å². The summed E-state index contributed by atoms with van der Waals surface area (Å²) in [6.07, 6.45) is 1.69. The van der Waals surface area contributed by atoms with Gasteiger partial charge in [0, 0.05) is 19.5 Å². The highest BCUT2D eigenvalue weighted by Gasteiger charge is 2.07. The summed E-state index contributed by atoms with van der Waals surface area (Å²) < 4.78 is 7.31. The van der Waals surface area contributed by atoms with Gasteiger partial charge in [-0.2, -0.15) is 0 Å². The van der Waals surface area contributed by atoms with E-state index in [-0.39, 0.29) is 24.4 Å². The molecular formula is C25H23N3O3. The quantitative estimate of drug-likeness (QED) is 0.478. The number of nitrogens with one attached hydrogen (secondary N) is 1.